The number of aliphatic hydroxyl groups excluding tert-OH is 2. The maximum Gasteiger partial charge on any atom is 0.105 e. The molecule has 0 aromatic rings. The summed E-state index contributed by atoms with van der Waals surface area (Å²) in [6.07, 6.45) is 0.712. The molecule has 6 N–H and O–H groups in total. The highest BCUT2D eigenvalue weighted by Crippen LogP contribution is 1.90. The quantitative estimate of drug-likeness (QED) is 0.219. The van der Waals surface area contributed by atoms with Crippen molar-refractivity contribution >= 4 is 0 Å². The summed E-state index contributed by atoms with van der Waals surface area (Å²) in [5.41, 5.74) is 5.28. The van der Waals surface area contributed by atoms with Crippen molar-refractivity contribution in [2.24, 2.45) is 5.73 Å². The minimum atomic E-state index is -0.508. The van der Waals surface area contributed by atoms with E-state index >= 15 is 0 Å². The first-order chi connectivity index (χ1) is 6.31. The van der Waals surface area contributed by atoms with Crippen LogP contribution in [0.5, 0.6) is 0 Å². The molecule has 0 aliphatic carbocycles. The van der Waals surface area contributed by atoms with Crippen LogP contribution in [-0.2, 0) is 0 Å². The highest BCUT2D eigenvalue weighted by Gasteiger charge is 2.00. The summed E-state index contributed by atoms with van der Waals surface area (Å²) >= 11 is 0. The van der Waals surface area contributed by atoms with Gasteiger partial charge >= 0.3 is 0 Å². The Morgan fingerprint density at radius 3 is 2.62 bits per heavy atom. The van der Waals surface area contributed by atoms with Gasteiger partial charge in [0, 0.05) is 32.8 Å². The van der Waals surface area contributed by atoms with Crippen LogP contribution < -0.4 is 16.4 Å². The minimum absolute atomic E-state index is 0.129. The molecule has 1 unspecified atom stereocenters. The van der Waals surface area contributed by atoms with Crippen molar-refractivity contribution < 1.29 is 10.2 Å². The Morgan fingerprint density at radius 2 is 2.00 bits per heavy atom. The molecule has 0 amide bonds. The van der Waals surface area contributed by atoms with Gasteiger partial charge in [0.2, 0.25) is 0 Å². The van der Waals surface area contributed by atoms with Crippen LogP contribution in [0.25, 0.3) is 0 Å². The van der Waals surface area contributed by atoms with E-state index in [2.05, 4.69) is 10.6 Å². The number of hydrogen-bond donors (Lipinski definition) is 5. The van der Waals surface area contributed by atoms with Crippen molar-refractivity contribution in [2.45, 2.75) is 19.1 Å². The SMILES string of the molecule is NCCNCCNC(O)CCCO. The fraction of sp³-hybridized carbons (Fsp3) is 1.00. The second kappa shape index (κ2) is 9.88. The van der Waals surface area contributed by atoms with E-state index in [1.165, 1.54) is 0 Å². The van der Waals surface area contributed by atoms with Crippen molar-refractivity contribution in [1.82, 2.24) is 10.6 Å². The third-order valence-corrected chi connectivity index (χ3v) is 1.64. The van der Waals surface area contributed by atoms with Crippen molar-refractivity contribution in [3.05, 3.63) is 0 Å². The highest BCUT2D eigenvalue weighted by atomic mass is 16.3. The van der Waals surface area contributed by atoms with Gasteiger partial charge in [-0.1, -0.05) is 0 Å². The zero-order valence-electron chi connectivity index (χ0n) is 8.00. The Kier molecular flexibility index (Phi) is 9.73. The predicted molar refractivity (Wildman–Crippen MR) is 52.3 cm³/mol. The molecule has 0 rings (SSSR count). The van der Waals surface area contributed by atoms with Gasteiger partial charge in [0.15, 0.2) is 0 Å². The van der Waals surface area contributed by atoms with E-state index in [0.29, 0.717) is 25.9 Å². The molecule has 80 valence electrons. The second-order valence-electron chi connectivity index (χ2n) is 2.87. The maximum absolute atomic E-state index is 9.26. The topological polar surface area (TPSA) is 90.5 Å². The number of rotatable bonds is 9. The average molecular weight is 191 g/mol. The lowest BCUT2D eigenvalue weighted by molar-refractivity contribution is 0.117. The molecule has 0 saturated heterocycles. The Bertz CT molecular complexity index is 103. The molecular weight excluding hydrogens is 170 g/mol. The smallest absolute Gasteiger partial charge is 0.105 e. The average Bonchev–Trinajstić information content (AvgIpc) is 2.14. The van der Waals surface area contributed by atoms with E-state index in [0.717, 1.165) is 13.1 Å². The fourth-order valence-corrected chi connectivity index (χ4v) is 0.941. The van der Waals surface area contributed by atoms with Crippen LogP contribution in [0.2, 0.25) is 0 Å². The van der Waals surface area contributed by atoms with E-state index in [-0.39, 0.29) is 6.61 Å². The highest BCUT2D eigenvalue weighted by molar-refractivity contribution is 4.56. The van der Waals surface area contributed by atoms with Crippen molar-refractivity contribution in [2.75, 3.05) is 32.8 Å². The lowest BCUT2D eigenvalue weighted by Crippen LogP contribution is -2.36. The molecule has 0 aromatic heterocycles. The number of aliphatic hydroxyl groups is 2. The Hall–Kier alpha value is -0.200. The Balaban J connectivity index is 3.03. The largest absolute Gasteiger partial charge is 0.396 e. The van der Waals surface area contributed by atoms with Gasteiger partial charge in [0.25, 0.3) is 0 Å². The van der Waals surface area contributed by atoms with Crippen molar-refractivity contribution in [1.29, 1.82) is 0 Å². The van der Waals surface area contributed by atoms with Crippen LogP contribution in [0.3, 0.4) is 0 Å². The van der Waals surface area contributed by atoms with Crippen molar-refractivity contribution in [3.8, 4) is 0 Å². The molecular formula is C8H21N3O2. The number of nitrogens with two attached hydrogens (primary N) is 1. The molecule has 0 spiro atoms. The van der Waals surface area contributed by atoms with Gasteiger partial charge < -0.3 is 21.3 Å². The summed E-state index contributed by atoms with van der Waals surface area (Å²) in [6.45, 7) is 3.08. The molecule has 1 atom stereocenters. The van der Waals surface area contributed by atoms with Gasteiger partial charge in [-0.2, -0.15) is 0 Å². The van der Waals surface area contributed by atoms with E-state index in [4.69, 9.17) is 10.8 Å². The van der Waals surface area contributed by atoms with Crippen molar-refractivity contribution in [3.63, 3.8) is 0 Å². The summed E-state index contributed by atoms with van der Waals surface area (Å²) in [4.78, 5) is 0. The van der Waals surface area contributed by atoms with E-state index in [1.807, 2.05) is 0 Å². The molecule has 5 heteroatoms. The second-order valence-corrected chi connectivity index (χ2v) is 2.87. The van der Waals surface area contributed by atoms with Crippen LogP contribution in [0.4, 0.5) is 0 Å². The molecule has 0 heterocycles. The van der Waals surface area contributed by atoms with Gasteiger partial charge in [-0.15, -0.1) is 0 Å². The normalized spacial score (nSPS) is 13.2. The molecule has 0 aliphatic rings. The lowest BCUT2D eigenvalue weighted by atomic mass is 10.3. The molecule has 0 fully saturated rings. The van der Waals surface area contributed by atoms with E-state index in [1.54, 1.807) is 0 Å². The number of hydrogen-bond acceptors (Lipinski definition) is 5. The summed E-state index contributed by atoms with van der Waals surface area (Å²) in [5, 5.41) is 23.8. The third kappa shape index (κ3) is 9.72. The van der Waals surface area contributed by atoms with E-state index in [9.17, 15) is 5.11 Å². The van der Waals surface area contributed by atoms with Gasteiger partial charge in [0.1, 0.15) is 6.23 Å². The Morgan fingerprint density at radius 1 is 1.23 bits per heavy atom. The van der Waals surface area contributed by atoms with Gasteiger partial charge in [0.05, 0.1) is 0 Å². The first-order valence-electron chi connectivity index (χ1n) is 4.74. The van der Waals surface area contributed by atoms with Gasteiger partial charge in [-0.3, -0.25) is 5.32 Å². The Labute approximate surface area is 79.3 Å². The summed E-state index contributed by atoms with van der Waals surface area (Å²) in [7, 11) is 0. The monoisotopic (exact) mass is 191 g/mol. The minimum Gasteiger partial charge on any atom is -0.396 e. The molecule has 13 heavy (non-hydrogen) atoms. The third-order valence-electron chi connectivity index (χ3n) is 1.64. The molecule has 0 aromatic carbocycles. The predicted octanol–water partition coefficient (Wildman–Crippen LogP) is -1.78. The zero-order valence-corrected chi connectivity index (χ0v) is 8.00. The molecule has 0 radical (unpaired) electrons. The van der Waals surface area contributed by atoms with Crippen LogP contribution >= 0.6 is 0 Å². The van der Waals surface area contributed by atoms with Crippen LogP contribution in [0, 0.1) is 0 Å². The van der Waals surface area contributed by atoms with Crippen LogP contribution in [0.15, 0.2) is 0 Å². The molecule has 0 saturated carbocycles. The van der Waals surface area contributed by atoms with Crippen LogP contribution in [-0.4, -0.2) is 49.2 Å². The fourth-order valence-electron chi connectivity index (χ4n) is 0.941. The van der Waals surface area contributed by atoms with Crippen LogP contribution in [0.1, 0.15) is 12.8 Å². The summed E-state index contributed by atoms with van der Waals surface area (Å²) < 4.78 is 0. The maximum atomic E-state index is 9.26. The zero-order chi connectivity index (χ0) is 9.94. The first-order valence-corrected chi connectivity index (χ1v) is 4.74. The van der Waals surface area contributed by atoms with Gasteiger partial charge in [-0.25, -0.2) is 0 Å². The lowest BCUT2D eigenvalue weighted by Gasteiger charge is -2.11. The molecule has 0 aliphatic heterocycles. The first kappa shape index (κ1) is 12.8. The standard InChI is InChI=1S/C8H21N3O2/c9-3-4-10-5-6-11-8(13)2-1-7-12/h8,10-13H,1-7,9H2. The molecule has 5 nitrogen and oxygen atoms in total. The molecule has 0 bridgehead atoms. The summed E-state index contributed by atoms with van der Waals surface area (Å²) in [5.74, 6) is 0. The summed E-state index contributed by atoms with van der Waals surface area (Å²) in [6, 6.07) is 0. The van der Waals surface area contributed by atoms with Gasteiger partial charge in [-0.05, 0) is 12.8 Å². The number of nitrogens with one attached hydrogen (secondary N) is 2. The van der Waals surface area contributed by atoms with E-state index < -0.39 is 6.23 Å².